The Morgan fingerprint density at radius 2 is 1.93 bits per heavy atom. The second-order valence-electron chi connectivity index (χ2n) is 10.7. The number of aryl methyl sites for hydroxylation is 1. The first kappa shape index (κ1) is 31.1. The lowest BCUT2D eigenvalue weighted by Gasteiger charge is -2.21. The van der Waals surface area contributed by atoms with Gasteiger partial charge in [-0.2, -0.15) is 5.10 Å². The van der Waals surface area contributed by atoms with Gasteiger partial charge in [-0.25, -0.2) is 14.8 Å². The van der Waals surface area contributed by atoms with Gasteiger partial charge < -0.3 is 25.4 Å². The fourth-order valence-electron chi connectivity index (χ4n) is 3.97. The molecule has 0 aliphatic carbocycles. The zero-order valence-corrected chi connectivity index (χ0v) is 26.1. The number of hydrogen-bond donors (Lipinski definition) is 3. The number of nitrogens with one attached hydrogen (secondary N) is 3. The van der Waals surface area contributed by atoms with E-state index in [9.17, 15) is 9.59 Å². The Labute approximate surface area is 253 Å². The summed E-state index contributed by atoms with van der Waals surface area (Å²) in [5.74, 6) is 3.82. The van der Waals surface area contributed by atoms with Crippen LogP contribution in [0.2, 0.25) is 6.55 Å². The van der Waals surface area contributed by atoms with E-state index >= 15 is 0 Å². The van der Waals surface area contributed by atoms with Crippen LogP contribution in [0, 0.1) is 11.5 Å². The topological polar surface area (TPSA) is 132 Å². The van der Waals surface area contributed by atoms with E-state index < -0.39 is 17.7 Å². The number of anilines is 2. The average Bonchev–Trinajstić information content (AvgIpc) is 3.39. The number of rotatable bonds is 9. The van der Waals surface area contributed by atoms with Crippen LogP contribution in [0.15, 0.2) is 55.0 Å². The van der Waals surface area contributed by atoms with Gasteiger partial charge >= 0.3 is 6.09 Å². The van der Waals surface area contributed by atoms with E-state index in [0.29, 0.717) is 21.2 Å². The number of hydrogen-bond acceptors (Lipinski definition) is 8. The normalized spacial score (nSPS) is 11.7. The van der Waals surface area contributed by atoms with Crippen LogP contribution in [0.25, 0.3) is 22.0 Å². The summed E-state index contributed by atoms with van der Waals surface area (Å²) in [6, 6.07) is 10.8. The molecule has 0 saturated heterocycles. The molecule has 2 aromatic heterocycles. The molecule has 0 unspecified atom stereocenters. The largest absolute Gasteiger partial charge is 0.492 e. The maximum Gasteiger partial charge on any atom is 0.408 e. The highest BCUT2D eigenvalue weighted by Gasteiger charge is 2.20. The molecular weight excluding hydrogens is 562 g/mol. The lowest BCUT2D eigenvalue weighted by Crippen LogP contribution is -2.47. The first-order valence-electron chi connectivity index (χ1n) is 13.7. The van der Waals surface area contributed by atoms with Crippen LogP contribution in [0.5, 0.6) is 5.75 Å². The van der Waals surface area contributed by atoms with Gasteiger partial charge in [-0.05, 0) is 63.6 Å². The summed E-state index contributed by atoms with van der Waals surface area (Å²) in [5.41, 5.74) is 6.70. The summed E-state index contributed by atoms with van der Waals surface area (Å²) < 4.78 is 12.9. The van der Waals surface area contributed by atoms with Crippen molar-refractivity contribution in [3.8, 4) is 28.3 Å². The van der Waals surface area contributed by atoms with Crippen molar-refractivity contribution in [1.29, 1.82) is 0 Å². The van der Waals surface area contributed by atoms with Crippen LogP contribution in [-0.2, 0) is 16.6 Å². The van der Waals surface area contributed by atoms with Gasteiger partial charge in [0.15, 0.2) is 0 Å². The monoisotopic (exact) mass is 597 g/mol. The fourth-order valence-corrected chi connectivity index (χ4v) is 4.24. The molecule has 1 atom stereocenters. The van der Waals surface area contributed by atoms with Crippen molar-refractivity contribution in [3.63, 3.8) is 0 Å². The van der Waals surface area contributed by atoms with Crippen molar-refractivity contribution < 1.29 is 19.1 Å². The molecule has 0 aliphatic heterocycles. The third kappa shape index (κ3) is 9.31. The zero-order valence-electron chi connectivity index (χ0n) is 25.1. The van der Waals surface area contributed by atoms with E-state index in [0.717, 1.165) is 33.3 Å². The van der Waals surface area contributed by atoms with Crippen LogP contribution >= 0.6 is 0 Å². The molecule has 3 N–H and O–H groups in total. The minimum Gasteiger partial charge on any atom is -0.492 e. The Balaban J connectivity index is 1.43. The van der Waals surface area contributed by atoms with Gasteiger partial charge in [-0.3, -0.25) is 9.48 Å². The van der Waals surface area contributed by atoms with Gasteiger partial charge in [0.1, 0.15) is 33.5 Å². The first-order chi connectivity index (χ1) is 20.5. The molecule has 2 amide bonds. The highest BCUT2D eigenvalue weighted by atomic mass is 28.2. The Hall–Kier alpha value is -4.89. The number of benzene rings is 2. The number of fused-ring (bicyclic) bond motifs is 1. The van der Waals surface area contributed by atoms with Gasteiger partial charge in [0.2, 0.25) is 11.9 Å². The van der Waals surface area contributed by atoms with Crippen molar-refractivity contribution in [2.24, 2.45) is 7.05 Å². The molecular formula is C31H35N7O4Si. The maximum atomic E-state index is 12.4. The van der Waals surface area contributed by atoms with Crippen LogP contribution in [0.4, 0.5) is 16.4 Å². The van der Waals surface area contributed by atoms with Crippen molar-refractivity contribution in [3.05, 3.63) is 60.6 Å². The lowest BCUT2D eigenvalue weighted by atomic mass is 10.1. The molecule has 2 heterocycles. The number of carbonyl (C=O) groups excluding carboxylic acids is 2. The number of aromatic nitrogens is 4. The SMILES string of the molecule is C[Si]C#Cc1ccc2nc(Nc3cc(OCCNC(=O)[C@@H](C)NC(=O)OC(C)(C)C)cc(-c4cnn(C)c4)c3)ncc2c1. The van der Waals surface area contributed by atoms with Crippen molar-refractivity contribution in [2.45, 2.75) is 45.9 Å². The molecule has 4 rings (SSSR count). The molecule has 2 aromatic carbocycles. The van der Waals surface area contributed by atoms with Gasteiger partial charge in [0.25, 0.3) is 0 Å². The smallest absolute Gasteiger partial charge is 0.408 e. The predicted molar refractivity (Wildman–Crippen MR) is 167 cm³/mol. The summed E-state index contributed by atoms with van der Waals surface area (Å²) in [4.78, 5) is 33.6. The highest BCUT2D eigenvalue weighted by molar-refractivity contribution is 6.44. The van der Waals surface area contributed by atoms with Gasteiger partial charge in [0, 0.05) is 47.7 Å². The number of amides is 2. The third-order valence-corrected chi connectivity index (χ3v) is 6.28. The van der Waals surface area contributed by atoms with E-state index in [4.69, 9.17) is 9.47 Å². The van der Waals surface area contributed by atoms with Crippen LogP contribution in [0.3, 0.4) is 0 Å². The van der Waals surface area contributed by atoms with E-state index in [1.165, 1.54) is 0 Å². The molecule has 12 heteroatoms. The minimum atomic E-state index is -0.766. The van der Waals surface area contributed by atoms with Gasteiger partial charge in [0.05, 0.1) is 18.3 Å². The highest BCUT2D eigenvalue weighted by Crippen LogP contribution is 2.30. The third-order valence-electron chi connectivity index (χ3n) is 5.91. The molecule has 0 bridgehead atoms. The minimum absolute atomic E-state index is 0.205. The van der Waals surface area contributed by atoms with E-state index in [1.54, 1.807) is 44.8 Å². The molecule has 0 spiro atoms. The number of carbonyl (C=O) groups is 2. The summed E-state index contributed by atoms with van der Waals surface area (Å²) in [5, 5.41) is 13.8. The second kappa shape index (κ2) is 13.8. The zero-order chi connectivity index (χ0) is 31.0. The Morgan fingerprint density at radius 1 is 1.12 bits per heavy atom. The maximum absolute atomic E-state index is 12.4. The van der Waals surface area contributed by atoms with Crippen LogP contribution in [-0.4, -0.2) is 66.1 Å². The summed E-state index contributed by atoms with van der Waals surface area (Å²) in [7, 11) is 2.42. The van der Waals surface area contributed by atoms with Gasteiger partial charge in [-0.15, -0.1) is 5.54 Å². The molecule has 43 heavy (non-hydrogen) atoms. The number of ether oxygens (including phenoxy) is 2. The molecule has 4 aromatic rings. The molecule has 0 saturated carbocycles. The second-order valence-corrected chi connectivity index (χ2v) is 11.5. The van der Waals surface area contributed by atoms with E-state index in [1.807, 2.05) is 56.2 Å². The van der Waals surface area contributed by atoms with E-state index in [-0.39, 0.29) is 19.1 Å². The van der Waals surface area contributed by atoms with E-state index in [2.05, 4.69) is 42.5 Å². The van der Waals surface area contributed by atoms with Crippen molar-refractivity contribution in [2.75, 3.05) is 18.5 Å². The van der Waals surface area contributed by atoms with Crippen molar-refractivity contribution in [1.82, 2.24) is 30.4 Å². The summed E-state index contributed by atoms with van der Waals surface area (Å²) in [6.45, 7) is 9.34. The molecule has 0 aliphatic rings. The summed E-state index contributed by atoms with van der Waals surface area (Å²) >= 11 is 0. The lowest BCUT2D eigenvalue weighted by molar-refractivity contribution is -0.122. The standard InChI is InChI=1S/C31H35N7O4Si/c1-20(35-30(40)42-31(2,3)4)28(39)32-10-11-41-26-15-22(24-18-34-38(5)19-24)14-25(16-26)36-29-33-17-23-13-21(9-12-43-6)7-8-27(23)37-29/h7-8,13-20H,10-11H2,1-6H3,(H,32,39)(H,35,40)(H,33,36,37)/t20-/m1/s1. The number of nitrogens with zero attached hydrogens (tertiary/aromatic N) is 4. The first-order valence-corrected chi connectivity index (χ1v) is 15.2. The molecule has 222 valence electrons. The average molecular weight is 598 g/mol. The predicted octanol–water partition coefficient (Wildman–Crippen LogP) is 4.24. The Kier molecular flexibility index (Phi) is 10.00. The summed E-state index contributed by atoms with van der Waals surface area (Å²) in [6.07, 6.45) is 4.80. The Bertz CT molecular complexity index is 1670. The van der Waals surface area contributed by atoms with Crippen molar-refractivity contribution >= 4 is 44.1 Å². The fraction of sp³-hybridized carbons (Fsp3) is 0.323. The molecule has 2 radical (unpaired) electrons. The quantitative estimate of drug-likeness (QED) is 0.148. The van der Waals surface area contributed by atoms with Crippen LogP contribution < -0.4 is 20.7 Å². The number of alkyl carbamates (subject to hydrolysis) is 1. The Morgan fingerprint density at radius 3 is 2.65 bits per heavy atom. The van der Waals surface area contributed by atoms with Gasteiger partial charge in [-0.1, -0.05) is 12.5 Å². The molecule has 11 nitrogen and oxygen atoms in total. The molecule has 0 fully saturated rings. The van der Waals surface area contributed by atoms with Crippen LogP contribution in [0.1, 0.15) is 33.3 Å².